The zero-order valence-electron chi connectivity index (χ0n) is 14.9. The van der Waals surface area contributed by atoms with Crippen LogP contribution in [0.1, 0.15) is 30.5 Å². The largest absolute Gasteiger partial charge is 0.387 e. The van der Waals surface area contributed by atoms with Gasteiger partial charge in [-0.25, -0.2) is 0 Å². The number of aryl methyl sites for hydroxylation is 1. The minimum Gasteiger partial charge on any atom is -0.387 e. The Bertz CT molecular complexity index is 903. The van der Waals surface area contributed by atoms with Gasteiger partial charge in [-0.3, -0.25) is 9.78 Å². The summed E-state index contributed by atoms with van der Waals surface area (Å²) >= 11 is 12.0. The van der Waals surface area contributed by atoms with Gasteiger partial charge in [-0.05, 0) is 49.7 Å². The van der Waals surface area contributed by atoms with Crippen LogP contribution in [0.25, 0.3) is 0 Å². The second-order valence-electron chi connectivity index (χ2n) is 7.56. The highest BCUT2D eigenvalue weighted by atomic mass is 35.5. The number of halogens is 2. The number of nitrogens with zero attached hydrogens (tertiary/aromatic N) is 1. The molecule has 142 valence electrons. The monoisotopic (exact) mass is 406 g/mol. The molecule has 1 aromatic carbocycles. The van der Waals surface area contributed by atoms with E-state index in [1.807, 2.05) is 19.1 Å². The molecule has 27 heavy (non-hydrogen) atoms. The minimum atomic E-state index is -0.965. The summed E-state index contributed by atoms with van der Waals surface area (Å²) in [4.78, 5) is 17.4. The van der Waals surface area contributed by atoms with Crippen LogP contribution in [0.2, 0.25) is 10.0 Å². The molecule has 7 heteroatoms. The number of benzene rings is 1. The predicted octanol–water partition coefficient (Wildman–Crippen LogP) is 3.96. The van der Waals surface area contributed by atoms with E-state index in [0.717, 1.165) is 11.3 Å². The molecular weight excluding hydrogens is 387 g/mol. The van der Waals surface area contributed by atoms with Gasteiger partial charge in [0.2, 0.25) is 5.91 Å². The van der Waals surface area contributed by atoms with Crippen LogP contribution in [0, 0.1) is 12.8 Å². The molecule has 2 aliphatic rings. The first-order valence-electron chi connectivity index (χ1n) is 8.82. The highest BCUT2D eigenvalue weighted by Gasteiger charge is 2.61. The van der Waals surface area contributed by atoms with Gasteiger partial charge in [0.05, 0.1) is 33.8 Å². The van der Waals surface area contributed by atoms with E-state index in [4.69, 9.17) is 27.9 Å². The molecular formula is C20H20Cl2N2O3. The van der Waals surface area contributed by atoms with Gasteiger partial charge < -0.3 is 15.2 Å². The van der Waals surface area contributed by atoms with Crippen LogP contribution in [-0.2, 0) is 9.53 Å². The summed E-state index contributed by atoms with van der Waals surface area (Å²) < 4.78 is 6.03. The maximum Gasteiger partial charge on any atom is 0.230 e. The average molecular weight is 407 g/mol. The molecule has 0 saturated carbocycles. The molecule has 2 saturated heterocycles. The van der Waals surface area contributed by atoms with Crippen LogP contribution in [0.3, 0.4) is 0 Å². The third-order valence-corrected chi connectivity index (χ3v) is 6.20. The first kappa shape index (κ1) is 18.7. The number of anilines is 1. The van der Waals surface area contributed by atoms with Gasteiger partial charge in [-0.1, -0.05) is 23.2 Å². The number of hydrogen-bond donors (Lipinski definition) is 2. The second kappa shape index (κ2) is 6.74. The number of carbonyl (C=O) groups excluding carboxylic acids is 1. The molecule has 0 aliphatic carbocycles. The maximum atomic E-state index is 13.1. The normalized spacial score (nSPS) is 31.9. The van der Waals surface area contributed by atoms with Crippen LogP contribution in [0.4, 0.5) is 5.69 Å². The van der Waals surface area contributed by atoms with Crippen molar-refractivity contribution in [1.29, 1.82) is 0 Å². The summed E-state index contributed by atoms with van der Waals surface area (Å²) in [6.45, 7) is 3.67. The van der Waals surface area contributed by atoms with Crippen LogP contribution in [0.5, 0.6) is 0 Å². The number of nitrogens with one attached hydrogen (secondary N) is 1. The summed E-state index contributed by atoms with van der Waals surface area (Å²) in [6.07, 6.45) is 1.37. The quantitative estimate of drug-likeness (QED) is 0.808. The summed E-state index contributed by atoms with van der Waals surface area (Å²) in [7, 11) is 0. The molecule has 0 unspecified atom stereocenters. The Kier molecular flexibility index (Phi) is 4.67. The van der Waals surface area contributed by atoms with Crippen molar-refractivity contribution < 1.29 is 14.6 Å². The Morgan fingerprint density at radius 1 is 1.30 bits per heavy atom. The minimum absolute atomic E-state index is 0.157. The van der Waals surface area contributed by atoms with Crippen molar-refractivity contribution in [2.45, 2.75) is 44.0 Å². The third-order valence-electron chi connectivity index (χ3n) is 5.46. The molecule has 0 spiro atoms. The van der Waals surface area contributed by atoms with Crippen LogP contribution >= 0.6 is 23.2 Å². The summed E-state index contributed by atoms with van der Waals surface area (Å²) in [5.41, 5.74) is 1.42. The van der Waals surface area contributed by atoms with E-state index in [2.05, 4.69) is 10.3 Å². The molecule has 2 fully saturated rings. The van der Waals surface area contributed by atoms with Crippen molar-refractivity contribution in [2.75, 3.05) is 5.32 Å². The number of rotatable bonds is 3. The van der Waals surface area contributed by atoms with Crippen LogP contribution in [-0.4, -0.2) is 33.8 Å². The van der Waals surface area contributed by atoms with E-state index in [1.165, 1.54) is 0 Å². The number of carbonyl (C=O) groups is 1. The van der Waals surface area contributed by atoms with Crippen molar-refractivity contribution in [3.8, 4) is 0 Å². The van der Waals surface area contributed by atoms with Crippen molar-refractivity contribution in [2.24, 2.45) is 5.92 Å². The number of hydrogen-bond acceptors (Lipinski definition) is 4. The number of aromatic nitrogens is 1. The molecule has 5 nitrogen and oxygen atoms in total. The van der Waals surface area contributed by atoms with E-state index in [0.29, 0.717) is 22.2 Å². The molecule has 3 heterocycles. The highest BCUT2D eigenvalue weighted by molar-refractivity contribution is 6.42. The molecule has 1 aromatic heterocycles. The van der Waals surface area contributed by atoms with E-state index in [1.54, 1.807) is 31.3 Å². The molecule has 1 amide bonds. The Labute approximate surface area is 167 Å². The fraction of sp³-hybridized carbons (Fsp3) is 0.400. The van der Waals surface area contributed by atoms with Gasteiger partial charge in [0.1, 0.15) is 0 Å². The van der Waals surface area contributed by atoms with Gasteiger partial charge in [0, 0.05) is 29.9 Å². The van der Waals surface area contributed by atoms with Crippen LogP contribution < -0.4 is 5.32 Å². The SMILES string of the molecule is Cc1cc([C@@H]2[C@@H](C(=O)Nc3ccc(Cl)c(Cl)c3)[C@H]3C[C@@](C)(O)[C@@H]2O3)ccn1. The number of ether oxygens (including phenoxy) is 1. The van der Waals surface area contributed by atoms with Gasteiger partial charge in [-0.2, -0.15) is 0 Å². The maximum absolute atomic E-state index is 13.1. The van der Waals surface area contributed by atoms with Crippen molar-refractivity contribution >= 4 is 34.8 Å². The van der Waals surface area contributed by atoms with Gasteiger partial charge in [0.15, 0.2) is 0 Å². The number of fused-ring (bicyclic) bond motifs is 2. The summed E-state index contributed by atoms with van der Waals surface area (Å²) in [5, 5.41) is 14.5. The van der Waals surface area contributed by atoms with E-state index in [9.17, 15) is 9.90 Å². The molecule has 5 atom stereocenters. The lowest BCUT2D eigenvalue weighted by Crippen LogP contribution is -2.47. The molecule has 2 aromatic rings. The van der Waals surface area contributed by atoms with E-state index < -0.39 is 17.6 Å². The zero-order valence-corrected chi connectivity index (χ0v) is 16.5. The molecule has 2 aliphatic heterocycles. The molecule has 2 bridgehead atoms. The second-order valence-corrected chi connectivity index (χ2v) is 8.37. The zero-order chi connectivity index (χ0) is 19.3. The fourth-order valence-electron chi connectivity index (χ4n) is 4.30. The van der Waals surface area contributed by atoms with E-state index >= 15 is 0 Å². The van der Waals surface area contributed by atoms with Crippen molar-refractivity contribution in [1.82, 2.24) is 4.98 Å². The average Bonchev–Trinajstić information content (AvgIpc) is 3.11. The molecule has 0 radical (unpaired) electrons. The van der Waals surface area contributed by atoms with Crippen molar-refractivity contribution in [3.05, 3.63) is 57.8 Å². The lowest BCUT2D eigenvalue weighted by molar-refractivity contribution is -0.122. The lowest BCUT2D eigenvalue weighted by Gasteiger charge is -2.36. The molecule has 2 N–H and O–H groups in total. The predicted molar refractivity (Wildman–Crippen MR) is 104 cm³/mol. The number of aliphatic hydroxyl groups is 1. The Morgan fingerprint density at radius 2 is 2.07 bits per heavy atom. The summed E-state index contributed by atoms with van der Waals surface area (Å²) in [5.74, 6) is -0.814. The molecule has 4 rings (SSSR count). The van der Waals surface area contributed by atoms with Crippen LogP contribution in [0.15, 0.2) is 36.5 Å². The lowest BCUT2D eigenvalue weighted by atomic mass is 9.69. The summed E-state index contributed by atoms with van der Waals surface area (Å²) in [6, 6.07) is 8.81. The standard InChI is InChI=1S/C20H20Cl2N2O3/c1-10-7-11(5-6-23-10)16-17(15-9-20(2,26)18(16)27-15)19(25)24-12-3-4-13(21)14(22)8-12/h3-8,15-18,26H,9H2,1-2H3,(H,24,25)/t15-,16-,17+,18-,20-/m1/s1. The first-order chi connectivity index (χ1) is 12.8. The Morgan fingerprint density at radius 3 is 2.78 bits per heavy atom. The smallest absolute Gasteiger partial charge is 0.230 e. The number of amides is 1. The van der Waals surface area contributed by atoms with Gasteiger partial charge in [-0.15, -0.1) is 0 Å². The fourth-order valence-corrected chi connectivity index (χ4v) is 4.60. The highest BCUT2D eigenvalue weighted by Crippen LogP contribution is 2.53. The van der Waals surface area contributed by atoms with E-state index in [-0.39, 0.29) is 17.9 Å². The Balaban J connectivity index is 1.65. The van der Waals surface area contributed by atoms with Crippen molar-refractivity contribution in [3.63, 3.8) is 0 Å². The topological polar surface area (TPSA) is 71.5 Å². The van der Waals surface area contributed by atoms with Gasteiger partial charge in [0.25, 0.3) is 0 Å². The Hall–Kier alpha value is -1.66. The number of pyridine rings is 1. The third kappa shape index (κ3) is 3.34. The van der Waals surface area contributed by atoms with Gasteiger partial charge >= 0.3 is 0 Å². The first-order valence-corrected chi connectivity index (χ1v) is 9.58.